The predicted octanol–water partition coefficient (Wildman–Crippen LogP) is 3.01. The largest absolute Gasteiger partial charge is 0.312 e. The molecule has 0 aromatic carbocycles. The van der Waals surface area contributed by atoms with Crippen LogP contribution in [-0.2, 0) is 24.2 Å². The maximum Gasteiger partial charge on any atom is 0.140 e. The van der Waals surface area contributed by atoms with Gasteiger partial charge in [0.05, 0.1) is 16.4 Å². The summed E-state index contributed by atoms with van der Waals surface area (Å²) in [6.45, 7) is 11.7. The standard InChI is InChI=1S/C15H26ClN3O/c1-6-12-14(16)13(19(7-2)18-12)10-11(20)8-9-17-15(3,4)5/h17H,6-10H2,1-5H3. The first kappa shape index (κ1) is 17.2. The van der Waals surface area contributed by atoms with E-state index in [0.717, 1.165) is 24.4 Å². The Hall–Kier alpha value is -0.870. The summed E-state index contributed by atoms with van der Waals surface area (Å²) in [5.74, 6) is 0.195. The molecule has 114 valence electrons. The Labute approximate surface area is 126 Å². The van der Waals surface area contributed by atoms with Crippen molar-refractivity contribution in [3.05, 3.63) is 16.4 Å². The Morgan fingerprint density at radius 3 is 2.50 bits per heavy atom. The van der Waals surface area contributed by atoms with Gasteiger partial charge in [-0.25, -0.2) is 0 Å². The number of halogens is 1. The lowest BCUT2D eigenvalue weighted by Crippen LogP contribution is -2.37. The minimum atomic E-state index is 0.0402. The molecule has 0 aliphatic rings. The van der Waals surface area contributed by atoms with Crippen LogP contribution in [0.25, 0.3) is 0 Å². The van der Waals surface area contributed by atoms with Crippen molar-refractivity contribution < 1.29 is 4.79 Å². The fraction of sp³-hybridized carbons (Fsp3) is 0.733. The van der Waals surface area contributed by atoms with Crippen LogP contribution in [0.15, 0.2) is 0 Å². The zero-order chi connectivity index (χ0) is 15.3. The van der Waals surface area contributed by atoms with E-state index in [1.807, 2.05) is 18.5 Å². The Morgan fingerprint density at radius 2 is 2.00 bits per heavy atom. The summed E-state index contributed by atoms with van der Waals surface area (Å²) in [6.07, 6.45) is 1.67. The molecule has 1 rings (SSSR count). The van der Waals surface area contributed by atoms with Crippen molar-refractivity contribution in [2.45, 2.75) is 66.0 Å². The number of hydrogen-bond donors (Lipinski definition) is 1. The number of carbonyl (C=O) groups is 1. The Balaban J connectivity index is 2.64. The lowest BCUT2D eigenvalue weighted by molar-refractivity contribution is -0.118. The molecular formula is C15H26ClN3O. The van der Waals surface area contributed by atoms with Gasteiger partial charge in [-0.2, -0.15) is 5.10 Å². The van der Waals surface area contributed by atoms with Crippen LogP contribution in [-0.4, -0.2) is 27.6 Å². The molecule has 0 fully saturated rings. The number of aromatic nitrogens is 2. The lowest BCUT2D eigenvalue weighted by Gasteiger charge is -2.20. The van der Waals surface area contributed by atoms with Crippen LogP contribution < -0.4 is 5.32 Å². The van der Waals surface area contributed by atoms with E-state index in [9.17, 15) is 4.79 Å². The van der Waals surface area contributed by atoms with Gasteiger partial charge in [-0.15, -0.1) is 0 Å². The third-order valence-electron chi connectivity index (χ3n) is 3.12. The molecule has 1 heterocycles. The Kier molecular flexibility index (Phi) is 6.21. The van der Waals surface area contributed by atoms with Gasteiger partial charge >= 0.3 is 0 Å². The molecule has 0 saturated carbocycles. The zero-order valence-electron chi connectivity index (χ0n) is 13.2. The van der Waals surface area contributed by atoms with Crippen LogP contribution in [0, 0.1) is 0 Å². The van der Waals surface area contributed by atoms with Crippen molar-refractivity contribution in [1.29, 1.82) is 0 Å². The Morgan fingerprint density at radius 1 is 1.35 bits per heavy atom. The summed E-state index contributed by atoms with van der Waals surface area (Å²) in [4.78, 5) is 12.1. The quantitative estimate of drug-likeness (QED) is 0.842. The molecule has 0 aliphatic heterocycles. The molecule has 0 unspecified atom stereocenters. The van der Waals surface area contributed by atoms with Gasteiger partial charge in [0.15, 0.2) is 0 Å². The van der Waals surface area contributed by atoms with Crippen LogP contribution >= 0.6 is 11.6 Å². The third kappa shape index (κ3) is 4.91. The first-order valence-electron chi connectivity index (χ1n) is 7.29. The van der Waals surface area contributed by atoms with Crippen molar-refractivity contribution in [1.82, 2.24) is 15.1 Å². The molecule has 1 N–H and O–H groups in total. The number of nitrogens with one attached hydrogen (secondary N) is 1. The molecule has 0 radical (unpaired) electrons. The molecule has 1 aromatic heterocycles. The summed E-state index contributed by atoms with van der Waals surface area (Å²) < 4.78 is 1.84. The van der Waals surface area contributed by atoms with E-state index in [2.05, 4.69) is 31.2 Å². The van der Waals surface area contributed by atoms with Crippen molar-refractivity contribution in [3.8, 4) is 0 Å². The van der Waals surface area contributed by atoms with Crippen molar-refractivity contribution in [3.63, 3.8) is 0 Å². The second-order valence-electron chi connectivity index (χ2n) is 6.02. The topological polar surface area (TPSA) is 46.9 Å². The van der Waals surface area contributed by atoms with Gasteiger partial charge in [0.1, 0.15) is 5.78 Å². The molecule has 1 aromatic rings. The fourth-order valence-electron chi connectivity index (χ4n) is 2.04. The highest BCUT2D eigenvalue weighted by atomic mass is 35.5. The number of Topliss-reactive ketones (excluding diaryl/α,β-unsaturated/α-hetero) is 1. The fourth-order valence-corrected chi connectivity index (χ4v) is 2.37. The van der Waals surface area contributed by atoms with Gasteiger partial charge in [0.2, 0.25) is 0 Å². The SMILES string of the molecule is CCc1nn(CC)c(CC(=O)CCNC(C)(C)C)c1Cl. The van der Waals surface area contributed by atoms with Crippen LogP contribution in [0.2, 0.25) is 5.02 Å². The number of rotatable bonds is 7. The highest BCUT2D eigenvalue weighted by Gasteiger charge is 2.17. The molecule has 5 heteroatoms. The van der Waals surface area contributed by atoms with Gasteiger partial charge in [-0.1, -0.05) is 18.5 Å². The number of aryl methyl sites for hydroxylation is 2. The molecule has 0 atom stereocenters. The average Bonchev–Trinajstić information content (AvgIpc) is 2.64. The number of hydrogen-bond acceptors (Lipinski definition) is 3. The van der Waals surface area contributed by atoms with E-state index in [1.165, 1.54) is 0 Å². The van der Waals surface area contributed by atoms with Crippen LogP contribution in [0.1, 0.15) is 52.4 Å². The van der Waals surface area contributed by atoms with Crippen LogP contribution in [0.5, 0.6) is 0 Å². The van der Waals surface area contributed by atoms with Crippen molar-refractivity contribution in [2.75, 3.05) is 6.54 Å². The van der Waals surface area contributed by atoms with Gasteiger partial charge in [-0.3, -0.25) is 9.48 Å². The normalized spacial score (nSPS) is 11.9. The van der Waals surface area contributed by atoms with E-state index in [4.69, 9.17) is 11.6 Å². The first-order valence-corrected chi connectivity index (χ1v) is 7.67. The minimum Gasteiger partial charge on any atom is -0.312 e. The van der Waals surface area contributed by atoms with Gasteiger partial charge in [0.25, 0.3) is 0 Å². The molecule has 20 heavy (non-hydrogen) atoms. The molecule has 0 saturated heterocycles. The van der Waals surface area contributed by atoms with Gasteiger partial charge < -0.3 is 5.32 Å². The number of carbonyl (C=O) groups excluding carboxylic acids is 1. The molecule has 0 spiro atoms. The highest BCUT2D eigenvalue weighted by molar-refractivity contribution is 6.32. The molecule has 0 amide bonds. The number of ketones is 1. The Bertz CT molecular complexity index is 460. The summed E-state index contributed by atoms with van der Waals surface area (Å²) in [5, 5.41) is 8.42. The number of nitrogens with zero attached hydrogens (tertiary/aromatic N) is 2. The predicted molar refractivity (Wildman–Crippen MR) is 83.4 cm³/mol. The molecule has 0 bridgehead atoms. The third-order valence-corrected chi connectivity index (χ3v) is 3.55. The maximum atomic E-state index is 12.1. The summed E-state index contributed by atoms with van der Waals surface area (Å²) in [7, 11) is 0. The second kappa shape index (κ2) is 7.23. The van der Waals surface area contributed by atoms with E-state index in [1.54, 1.807) is 0 Å². The summed E-state index contributed by atoms with van der Waals surface area (Å²) in [6, 6.07) is 0. The smallest absolute Gasteiger partial charge is 0.140 e. The van der Waals surface area contributed by atoms with Crippen molar-refractivity contribution >= 4 is 17.4 Å². The summed E-state index contributed by atoms with van der Waals surface area (Å²) >= 11 is 6.31. The van der Waals surface area contributed by atoms with E-state index >= 15 is 0 Å². The van der Waals surface area contributed by atoms with Gasteiger partial charge in [-0.05, 0) is 34.1 Å². The van der Waals surface area contributed by atoms with Crippen LogP contribution in [0.4, 0.5) is 0 Å². The van der Waals surface area contributed by atoms with E-state index < -0.39 is 0 Å². The molecular weight excluding hydrogens is 274 g/mol. The zero-order valence-corrected chi connectivity index (χ0v) is 14.0. The first-order chi connectivity index (χ1) is 9.28. The maximum absolute atomic E-state index is 12.1. The lowest BCUT2D eigenvalue weighted by atomic mass is 10.1. The molecule has 4 nitrogen and oxygen atoms in total. The average molecular weight is 300 g/mol. The monoisotopic (exact) mass is 299 g/mol. The minimum absolute atomic E-state index is 0.0402. The van der Waals surface area contributed by atoms with Crippen molar-refractivity contribution in [2.24, 2.45) is 0 Å². The molecule has 0 aliphatic carbocycles. The highest BCUT2D eigenvalue weighted by Crippen LogP contribution is 2.22. The van der Waals surface area contributed by atoms with E-state index in [0.29, 0.717) is 24.4 Å². The summed E-state index contributed by atoms with van der Waals surface area (Å²) in [5.41, 5.74) is 1.77. The van der Waals surface area contributed by atoms with Gasteiger partial charge in [0, 0.05) is 31.5 Å². The second-order valence-corrected chi connectivity index (χ2v) is 6.40. The van der Waals surface area contributed by atoms with E-state index in [-0.39, 0.29) is 11.3 Å². The van der Waals surface area contributed by atoms with Crippen LogP contribution in [0.3, 0.4) is 0 Å².